The average molecular weight is 332 g/mol. The van der Waals surface area contributed by atoms with Crippen LogP contribution in [-0.2, 0) is 10.0 Å². The van der Waals surface area contributed by atoms with Crippen molar-refractivity contribution in [3.05, 3.63) is 70.3 Å². The van der Waals surface area contributed by atoms with Gasteiger partial charge in [0.15, 0.2) is 4.90 Å². The maximum absolute atomic E-state index is 13.0. The Bertz CT molecular complexity index is 821. The van der Waals surface area contributed by atoms with E-state index < -0.39 is 14.9 Å². The molecule has 0 N–H and O–H groups in total. The minimum atomic E-state index is -3.92. The summed E-state index contributed by atoms with van der Waals surface area (Å²) in [5, 5.41) is 11.2. The molecule has 0 aromatic heterocycles. The summed E-state index contributed by atoms with van der Waals surface area (Å²) in [7, 11) is -3.92. The molecule has 0 radical (unpaired) electrons. The van der Waals surface area contributed by atoms with Crippen LogP contribution in [0.3, 0.4) is 0 Å². The van der Waals surface area contributed by atoms with Gasteiger partial charge in [0, 0.05) is 12.6 Å². The number of para-hydroxylation sites is 1. The fourth-order valence-electron chi connectivity index (χ4n) is 2.99. The molecule has 1 fully saturated rings. The van der Waals surface area contributed by atoms with Crippen LogP contribution in [0.15, 0.2) is 59.5 Å². The van der Waals surface area contributed by atoms with Crippen molar-refractivity contribution in [2.24, 2.45) is 0 Å². The Hall–Kier alpha value is -2.25. The molecule has 2 aromatic rings. The van der Waals surface area contributed by atoms with Crippen molar-refractivity contribution in [3.8, 4) is 0 Å². The Morgan fingerprint density at radius 3 is 2.39 bits per heavy atom. The highest BCUT2D eigenvalue weighted by Crippen LogP contribution is 2.38. The first-order chi connectivity index (χ1) is 11.0. The van der Waals surface area contributed by atoms with Crippen LogP contribution in [0.2, 0.25) is 0 Å². The zero-order chi connectivity index (χ0) is 16.4. The van der Waals surface area contributed by atoms with Crippen molar-refractivity contribution in [2.45, 2.75) is 23.8 Å². The van der Waals surface area contributed by atoms with E-state index >= 15 is 0 Å². The van der Waals surface area contributed by atoms with Gasteiger partial charge in [-0.05, 0) is 24.5 Å². The van der Waals surface area contributed by atoms with Crippen molar-refractivity contribution >= 4 is 15.7 Å². The molecule has 0 bridgehead atoms. The molecule has 23 heavy (non-hydrogen) atoms. The van der Waals surface area contributed by atoms with Gasteiger partial charge in [-0.15, -0.1) is 0 Å². The van der Waals surface area contributed by atoms with Crippen LogP contribution in [-0.4, -0.2) is 24.2 Å². The van der Waals surface area contributed by atoms with E-state index in [1.165, 1.54) is 28.6 Å². The van der Waals surface area contributed by atoms with Crippen LogP contribution in [0.5, 0.6) is 0 Å². The van der Waals surface area contributed by atoms with E-state index in [0.717, 1.165) is 12.0 Å². The number of nitro benzene ring substituents is 1. The van der Waals surface area contributed by atoms with E-state index in [1.54, 1.807) is 0 Å². The van der Waals surface area contributed by atoms with Crippen LogP contribution in [0.1, 0.15) is 24.4 Å². The van der Waals surface area contributed by atoms with Gasteiger partial charge in [-0.1, -0.05) is 42.5 Å². The van der Waals surface area contributed by atoms with Gasteiger partial charge >= 0.3 is 0 Å². The molecule has 1 atom stereocenters. The van der Waals surface area contributed by atoms with E-state index in [4.69, 9.17) is 0 Å². The molecule has 1 unspecified atom stereocenters. The maximum Gasteiger partial charge on any atom is 0.289 e. The van der Waals surface area contributed by atoms with Gasteiger partial charge in [0.2, 0.25) is 10.0 Å². The lowest BCUT2D eigenvalue weighted by Crippen LogP contribution is -2.31. The molecular formula is C16H16N2O4S. The van der Waals surface area contributed by atoms with Gasteiger partial charge in [-0.2, -0.15) is 4.31 Å². The minimum absolute atomic E-state index is 0.243. The molecule has 0 amide bonds. The minimum Gasteiger partial charge on any atom is -0.258 e. The molecule has 0 spiro atoms. The summed E-state index contributed by atoms with van der Waals surface area (Å²) in [5.41, 5.74) is 0.526. The van der Waals surface area contributed by atoms with Crippen molar-refractivity contribution in [1.82, 2.24) is 4.31 Å². The molecule has 0 saturated carbocycles. The molecule has 1 saturated heterocycles. The second-order valence-electron chi connectivity index (χ2n) is 5.41. The summed E-state index contributed by atoms with van der Waals surface area (Å²) in [6, 6.07) is 14.6. The quantitative estimate of drug-likeness (QED) is 0.636. The molecule has 6 nitrogen and oxygen atoms in total. The number of rotatable bonds is 4. The van der Waals surface area contributed by atoms with Gasteiger partial charge < -0.3 is 0 Å². The first-order valence-corrected chi connectivity index (χ1v) is 8.76. The lowest BCUT2D eigenvalue weighted by molar-refractivity contribution is -0.387. The van der Waals surface area contributed by atoms with Crippen LogP contribution >= 0.6 is 0 Å². The first kappa shape index (κ1) is 15.6. The molecule has 1 heterocycles. The number of nitrogens with zero attached hydrogens (tertiary/aromatic N) is 2. The van der Waals surface area contributed by atoms with Crippen molar-refractivity contribution in [1.29, 1.82) is 0 Å². The van der Waals surface area contributed by atoms with Gasteiger partial charge in [-0.3, -0.25) is 10.1 Å². The predicted molar refractivity (Wildman–Crippen MR) is 85.4 cm³/mol. The number of nitro groups is 1. The van der Waals surface area contributed by atoms with E-state index in [-0.39, 0.29) is 16.6 Å². The van der Waals surface area contributed by atoms with Crippen LogP contribution in [0, 0.1) is 10.1 Å². The van der Waals surface area contributed by atoms with Crippen molar-refractivity contribution < 1.29 is 13.3 Å². The third-order valence-corrected chi connectivity index (χ3v) is 5.99. The Balaban J connectivity index is 2.05. The maximum atomic E-state index is 13.0. The molecule has 2 aromatic carbocycles. The summed E-state index contributed by atoms with van der Waals surface area (Å²) in [5.74, 6) is 0. The Kier molecular flexibility index (Phi) is 4.14. The predicted octanol–water partition coefficient (Wildman–Crippen LogP) is 3.12. The monoisotopic (exact) mass is 332 g/mol. The van der Waals surface area contributed by atoms with Crippen LogP contribution < -0.4 is 0 Å². The second kappa shape index (κ2) is 6.10. The fraction of sp³-hybridized carbons (Fsp3) is 0.250. The second-order valence-corrected chi connectivity index (χ2v) is 7.27. The molecule has 7 heteroatoms. The normalized spacial score (nSPS) is 18.9. The molecule has 1 aliphatic rings. The van der Waals surface area contributed by atoms with Crippen LogP contribution in [0.25, 0.3) is 0 Å². The largest absolute Gasteiger partial charge is 0.289 e. The first-order valence-electron chi connectivity index (χ1n) is 7.32. The summed E-state index contributed by atoms with van der Waals surface area (Å²) in [4.78, 5) is 10.3. The van der Waals surface area contributed by atoms with Gasteiger partial charge in [0.05, 0.1) is 11.0 Å². The topological polar surface area (TPSA) is 80.5 Å². The Labute approximate surface area is 134 Å². The third-order valence-electron chi connectivity index (χ3n) is 4.04. The number of benzene rings is 2. The fourth-order valence-corrected chi connectivity index (χ4v) is 4.83. The van der Waals surface area contributed by atoms with E-state index in [1.807, 2.05) is 30.3 Å². The molecule has 1 aliphatic heterocycles. The van der Waals surface area contributed by atoms with Gasteiger partial charge in [0.25, 0.3) is 5.69 Å². The SMILES string of the molecule is O=[N+]([O-])c1ccccc1S(=O)(=O)N1CCCC1c1ccccc1. The number of hydrogen-bond acceptors (Lipinski definition) is 4. The lowest BCUT2D eigenvalue weighted by Gasteiger charge is -2.24. The van der Waals surface area contributed by atoms with Crippen molar-refractivity contribution in [2.75, 3.05) is 6.54 Å². The van der Waals surface area contributed by atoms with Gasteiger partial charge in [-0.25, -0.2) is 8.42 Å². The number of sulfonamides is 1. The summed E-state index contributed by atoms with van der Waals surface area (Å²) in [6.45, 7) is 0.369. The standard InChI is InChI=1S/C16H16N2O4S/c19-18(20)15-9-4-5-11-16(15)23(21,22)17-12-6-10-14(17)13-7-2-1-3-8-13/h1-5,7-9,11,14H,6,10,12H2. The van der Waals surface area contributed by atoms with Gasteiger partial charge in [0.1, 0.15) is 0 Å². The molecule has 0 aliphatic carbocycles. The zero-order valence-corrected chi connectivity index (χ0v) is 13.1. The average Bonchev–Trinajstić information content (AvgIpc) is 3.06. The smallest absolute Gasteiger partial charge is 0.258 e. The highest BCUT2D eigenvalue weighted by molar-refractivity contribution is 7.89. The van der Waals surface area contributed by atoms with Crippen molar-refractivity contribution in [3.63, 3.8) is 0 Å². The highest BCUT2D eigenvalue weighted by atomic mass is 32.2. The number of hydrogen-bond donors (Lipinski definition) is 0. The Morgan fingerprint density at radius 1 is 1.04 bits per heavy atom. The summed E-state index contributed by atoms with van der Waals surface area (Å²) < 4.78 is 27.3. The van der Waals surface area contributed by atoms with E-state index in [9.17, 15) is 18.5 Å². The summed E-state index contributed by atoms with van der Waals surface area (Å²) in [6.07, 6.45) is 1.45. The molecule has 120 valence electrons. The highest BCUT2D eigenvalue weighted by Gasteiger charge is 2.39. The third kappa shape index (κ3) is 2.85. The zero-order valence-electron chi connectivity index (χ0n) is 12.3. The lowest BCUT2D eigenvalue weighted by atomic mass is 10.1. The van der Waals surface area contributed by atoms with E-state index in [0.29, 0.717) is 13.0 Å². The molecular weight excluding hydrogens is 316 g/mol. The van der Waals surface area contributed by atoms with E-state index in [2.05, 4.69) is 0 Å². The molecule has 3 rings (SSSR count). The van der Waals surface area contributed by atoms with Crippen LogP contribution in [0.4, 0.5) is 5.69 Å². The summed E-state index contributed by atoms with van der Waals surface area (Å²) >= 11 is 0. The Morgan fingerprint density at radius 2 is 1.70 bits per heavy atom.